The van der Waals surface area contributed by atoms with Gasteiger partial charge in [0.15, 0.2) is 0 Å². The Hall–Kier alpha value is -2.63. The molecule has 0 spiro atoms. The van der Waals surface area contributed by atoms with Crippen LogP contribution in [0, 0.1) is 0 Å². The topological polar surface area (TPSA) is 79.4 Å². The number of hydrogen-bond donors (Lipinski definition) is 2. The lowest BCUT2D eigenvalue weighted by atomic mass is 10.2. The molecule has 0 aliphatic carbocycles. The minimum atomic E-state index is -0.334. The fraction of sp³-hybridized carbons (Fsp3) is 0.154. The molecule has 2 N–H and O–H groups in total. The van der Waals surface area contributed by atoms with Crippen molar-refractivity contribution < 1.29 is 9.53 Å². The van der Waals surface area contributed by atoms with E-state index in [4.69, 9.17) is 4.74 Å². The number of hydrazone groups is 1. The predicted molar refractivity (Wildman–Crippen MR) is 71.3 cm³/mol. The second-order valence-corrected chi connectivity index (χ2v) is 3.67. The lowest BCUT2D eigenvalue weighted by Crippen LogP contribution is -2.17. The maximum Gasteiger partial charge on any atom is 0.289 e. The molecule has 0 bridgehead atoms. The van der Waals surface area contributed by atoms with Gasteiger partial charge >= 0.3 is 0 Å². The fourth-order valence-corrected chi connectivity index (χ4v) is 1.42. The van der Waals surface area contributed by atoms with Gasteiger partial charge in [0.2, 0.25) is 0 Å². The number of rotatable bonds is 5. The molecule has 1 aromatic heterocycles. The quantitative estimate of drug-likeness (QED) is 0.631. The van der Waals surface area contributed by atoms with Crippen LogP contribution in [-0.2, 0) is 0 Å². The summed E-state index contributed by atoms with van der Waals surface area (Å²) in [6.07, 6.45) is 3.06. The monoisotopic (exact) mass is 258 g/mol. The summed E-state index contributed by atoms with van der Waals surface area (Å²) in [5, 5.41) is 10.1. The highest BCUT2D eigenvalue weighted by molar-refractivity contribution is 5.92. The van der Waals surface area contributed by atoms with Crippen LogP contribution in [-0.4, -0.2) is 28.9 Å². The highest BCUT2D eigenvalue weighted by Crippen LogP contribution is 2.10. The number of carbonyl (C=O) groups excluding carboxylic acids is 1. The molecule has 6 heteroatoms. The van der Waals surface area contributed by atoms with Crippen LogP contribution in [0.3, 0.4) is 0 Å². The van der Waals surface area contributed by atoms with Crippen molar-refractivity contribution in [2.45, 2.75) is 6.92 Å². The zero-order valence-corrected chi connectivity index (χ0v) is 10.5. The van der Waals surface area contributed by atoms with E-state index in [-0.39, 0.29) is 5.91 Å². The number of nitrogens with zero attached hydrogens (tertiary/aromatic N) is 2. The highest BCUT2D eigenvalue weighted by atomic mass is 16.5. The number of amides is 1. The Morgan fingerprint density at radius 1 is 1.42 bits per heavy atom. The van der Waals surface area contributed by atoms with Gasteiger partial charge in [-0.25, -0.2) is 5.43 Å². The Kier molecular flexibility index (Phi) is 4.28. The van der Waals surface area contributed by atoms with Gasteiger partial charge in [0, 0.05) is 6.20 Å². The van der Waals surface area contributed by atoms with Crippen molar-refractivity contribution in [2.24, 2.45) is 5.10 Å². The van der Waals surface area contributed by atoms with E-state index in [9.17, 15) is 4.79 Å². The van der Waals surface area contributed by atoms with E-state index in [2.05, 4.69) is 20.7 Å². The molecule has 19 heavy (non-hydrogen) atoms. The lowest BCUT2D eigenvalue weighted by molar-refractivity contribution is 0.0950. The van der Waals surface area contributed by atoms with E-state index in [1.54, 1.807) is 12.3 Å². The first-order valence-electron chi connectivity index (χ1n) is 5.85. The van der Waals surface area contributed by atoms with Crippen molar-refractivity contribution >= 4 is 12.1 Å². The van der Waals surface area contributed by atoms with E-state index in [0.29, 0.717) is 12.3 Å². The molecule has 1 heterocycles. The Morgan fingerprint density at radius 2 is 2.21 bits per heavy atom. The number of hydrogen-bond acceptors (Lipinski definition) is 4. The third kappa shape index (κ3) is 3.67. The summed E-state index contributed by atoms with van der Waals surface area (Å²) in [4.78, 5) is 11.5. The molecular weight excluding hydrogens is 244 g/mol. The normalized spacial score (nSPS) is 10.6. The van der Waals surface area contributed by atoms with Crippen molar-refractivity contribution in [3.63, 3.8) is 0 Å². The molecular formula is C13H14N4O2. The van der Waals surface area contributed by atoms with Gasteiger partial charge in [0.25, 0.3) is 5.91 Å². The third-order valence-electron chi connectivity index (χ3n) is 2.32. The van der Waals surface area contributed by atoms with Gasteiger partial charge < -0.3 is 4.74 Å². The number of carbonyl (C=O) groups is 1. The van der Waals surface area contributed by atoms with Crippen molar-refractivity contribution in [1.29, 1.82) is 0 Å². The minimum Gasteiger partial charge on any atom is -0.494 e. The van der Waals surface area contributed by atoms with Gasteiger partial charge in [0.05, 0.1) is 12.8 Å². The van der Waals surface area contributed by atoms with Gasteiger partial charge in [-0.2, -0.15) is 10.2 Å². The van der Waals surface area contributed by atoms with Crippen molar-refractivity contribution in [3.8, 4) is 5.75 Å². The Bertz CT molecular complexity index is 547. The van der Waals surface area contributed by atoms with Gasteiger partial charge in [-0.05, 0) is 42.8 Å². The average molecular weight is 258 g/mol. The van der Waals surface area contributed by atoms with E-state index in [0.717, 1.165) is 11.3 Å². The minimum absolute atomic E-state index is 0.334. The van der Waals surface area contributed by atoms with Crippen LogP contribution in [0.4, 0.5) is 0 Å². The summed E-state index contributed by atoms with van der Waals surface area (Å²) in [6.45, 7) is 2.56. The van der Waals surface area contributed by atoms with Crippen molar-refractivity contribution in [2.75, 3.05) is 6.61 Å². The Balaban J connectivity index is 1.90. The van der Waals surface area contributed by atoms with Gasteiger partial charge in [-0.15, -0.1) is 0 Å². The maximum absolute atomic E-state index is 11.5. The number of ether oxygens (including phenoxy) is 1. The second-order valence-electron chi connectivity index (χ2n) is 3.67. The van der Waals surface area contributed by atoms with E-state index in [1.807, 2.05) is 31.2 Å². The summed E-state index contributed by atoms with van der Waals surface area (Å²) in [5.74, 6) is 0.473. The summed E-state index contributed by atoms with van der Waals surface area (Å²) < 4.78 is 5.33. The summed E-state index contributed by atoms with van der Waals surface area (Å²) in [5.41, 5.74) is 3.63. The molecule has 0 aliphatic heterocycles. The van der Waals surface area contributed by atoms with Crippen LogP contribution in [0.25, 0.3) is 0 Å². The third-order valence-corrected chi connectivity index (χ3v) is 2.32. The second kappa shape index (κ2) is 6.34. The van der Waals surface area contributed by atoms with Crippen molar-refractivity contribution in [1.82, 2.24) is 15.6 Å². The molecule has 1 aromatic carbocycles. The van der Waals surface area contributed by atoms with Crippen LogP contribution in [0.2, 0.25) is 0 Å². The predicted octanol–water partition coefficient (Wildman–Crippen LogP) is 1.57. The molecule has 0 saturated heterocycles. The largest absolute Gasteiger partial charge is 0.494 e. The van der Waals surface area contributed by atoms with Crippen LogP contribution in [0.15, 0.2) is 41.6 Å². The standard InChI is InChI=1S/C13H14N4O2/c1-2-19-11-5-3-10(4-6-11)9-15-17-13(18)12-7-8-14-16-12/h3-9H,2H2,1H3,(H,14,16)(H,17,18)/b15-9+. The molecule has 1 amide bonds. The zero-order valence-electron chi connectivity index (χ0n) is 10.5. The van der Waals surface area contributed by atoms with E-state index >= 15 is 0 Å². The van der Waals surface area contributed by atoms with E-state index in [1.165, 1.54) is 6.20 Å². The smallest absolute Gasteiger partial charge is 0.289 e. The first-order valence-corrected chi connectivity index (χ1v) is 5.85. The number of H-pyrrole nitrogens is 1. The van der Waals surface area contributed by atoms with Crippen LogP contribution in [0.5, 0.6) is 5.75 Å². The van der Waals surface area contributed by atoms with Crippen LogP contribution in [0.1, 0.15) is 23.0 Å². The molecule has 0 unspecified atom stereocenters. The van der Waals surface area contributed by atoms with Crippen LogP contribution >= 0.6 is 0 Å². The first-order chi connectivity index (χ1) is 9.29. The highest BCUT2D eigenvalue weighted by Gasteiger charge is 2.03. The van der Waals surface area contributed by atoms with Crippen molar-refractivity contribution in [3.05, 3.63) is 47.8 Å². The average Bonchev–Trinajstić information content (AvgIpc) is 2.95. The van der Waals surface area contributed by atoms with E-state index < -0.39 is 0 Å². The number of nitrogens with one attached hydrogen (secondary N) is 2. The zero-order chi connectivity index (χ0) is 13.5. The SMILES string of the molecule is CCOc1ccc(/C=N/NC(=O)c2ccn[nH]2)cc1. The lowest BCUT2D eigenvalue weighted by Gasteiger charge is -2.02. The van der Waals surface area contributed by atoms with Gasteiger partial charge in [-0.1, -0.05) is 0 Å². The summed E-state index contributed by atoms with van der Waals surface area (Å²) in [6, 6.07) is 8.98. The summed E-state index contributed by atoms with van der Waals surface area (Å²) >= 11 is 0. The summed E-state index contributed by atoms with van der Waals surface area (Å²) in [7, 11) is 0. The molecule has 2 aromatic rings. The number of aromatic nitrogens is 2. The first kappa shape index (κ1) is 12.8. The molecule has 0 aliphatic rings. The van der Waals surface area contributed by atoms with Gasteiger partial charge in [-0.3, -0.25) is 9.89 Å². The van der Waals surface area contributed by atoms with Crippen LogP contribution < -0.4 is 10.2 Å². The molecule has 0 atom stereocenters. The molecule has 0 radical (unpaired) electrons. The molecule has 98 valence electrons. The number of benzene rings is 1. The molecule has 6 nitrogen and oxygen atoms in total. The Labute approximate surface area is 110 Å². The fourth-order valence-electron chi connectivity index (χ4n) is 1.42. The maximum atomic E-state index is 11.5. The van der Waals surface area contributed by atoms with Gasteiger partial charge in [0.1, 0.15) is 11.4 Å². The molecule has 0 fully saturated rings. The Morgan fingerprint density at radius 3 is 2.84 bits per heavy atom. The number of aromatic amines is 1. The molecule has 0 saturated carbocycles. The molecule has 2 rings (SSSR count).